The van der Waals surface area contributed by atoms with Crippen LogP contribution in [0.5, 0.6) is 5.75 Å². The molecule has 0 aliphatic heterocycles. The number of allylic oxidation sites excluding steroid dienone is 1. The fraction of sp³-hybridized carbons (Fsp3) is 0.556. The molecule has 4 aliphatic rings. The summed E-state index contributed by atoms with van der Waals surface area (Å²) in [6.45, 7) is 2.11. The predicted octanol–water partition coefficient (Wildman–Crippen LogP) is 4.71. The van der Waals surface area contributed by atoms with Crippen molar-refractivity contribution in [3.8, 4) is 5.75 Å². The summed E-state index contributed by atoms with van der Waals surface area (Å²) < 4.78 is 5.92. The van der Waals surface area contributed by atoms with E-state index in [0.717, 1.165) is 29.4 Å². The van der Waals surface area contributed by atoms with Crippen LogP contribution in [0.2, 0.25) is 0 Å². The van der Waals surface area contributed by atoms with Crippen molar-refractivity contribution in [3.63, 3.8) is 0 Å². The van der Waals surface area contributed by atoms with Crippen molar-refractivity contribution >= 4 is 0 Å². The van der Waals surface area contributed by atoms with Gasteiger partial charge in [-0.1, -0.05) is 17.7 Å². The lowest BCUT2D eigenvalue weighted by Gasteiger charge is -2.51. The van der Waals surface area contributed by atoms with Crippen molar-refractivity contribution in [3.05, 3.63) is 41.7 Å². The number of aryl methyl sites for hydroxylation is 1. The van der Waals surface area contributed by atoms with Crippen LogP contribution < -0.4 is 4.74 Å². The molecule has 0 heterocycles. The fourth-order valence-electron chi connectivity index (χ4n) is 4.67. The van der Waals surface area contributed by atoms with Crippen LogP contribution in [0.15, 0.2) is 36.1 Å². The first-order chi connectivity index (χ1) is 9.28. The first kappa shape index (κ1) is 11.6. The summed E-state index contributed by atoms with van der Waals surface area (Å²) in [5.41, 5.74) is 2.91. The first-order valence-electron chi connectivity index (χ1n) is 7.71. The Bertz CT molecular complexity index is 467. The number of benzene rings is 1. The van der Waals surface area contributed by atoms with Gasteiger partial charge in [-0.2, -0.15) is 0 Å². The normalized spacial score (nSPS) is 35.5. The lowest BCUT2D eigenvalue weighted by atomic mass is 9.54. The molecule has 0 amide bonds. The number of rotatable bonds is 2. The van der Waals surface area contributed by atoms with Crippen LogP contribution in [-0.2, 0) is 0 Å². The summed E-state index contributed by atoms with van der Waals surface area (Å²) in [4.78, 5) is 0. The molecular weight excluding hydrogens is 232 g/mol. The van der Waals surface area contributed by atoms with Gasteiger partial charge in [0.1, 0.15) is 5.75 Å². The minimum Gasteiger partial charge on any atom is -0.465 e. The Morgan fingerprint density at radius 1 is 0.895 bits per heavy atom. The summed E-state index contributed by atoms with van der Waals surface area (Å²) in [7, 11) is 0. The third-order valence-corrected chi connectivity index (χ3v) is 5.43. The molecule has 100 valence electrons. The van der Waals surface area contributed by atoms with Gasteiger partial charge in [-0.3, -0.25) is 0 Å². The largest absolute Gasteiger partial charge is 0.465 e. The van der Waals surface area contributed by atoms with Crippen molar-refractivity contribution in [1.82, 2.24) is 0 Å². The minimum absolute atomic E-state index is 0.835. The maximum absolute atomic E-state index is 5.92. The van der Waals surface area contributed by atoms with E-state index in [-0.39, 0.29) is 0 Å². The fourth-order valence-corrected chi connectivity index (χ4v) is 4.67. The van der Waals surface area contributed by atoms with Crippen molar-refractivity contribution in [2.24, 2.45) is 23.7 Å². The van der Waals surface area contributed by atoms with E-state index in [2.05, 4.69) is 37.5 Å². The van der Waals surface area contributed by atoms with Crippen LogP contribution in [0.25, 0.3) is 0 Å². The Balaban J connectivity index is 1.52. The third kappa shape index (κ3) is 2.09. The van der Waals surface area contributed by atoms with Crippen molar-refractivity contribution in [1.29, 1.82) is 0 Å². The molecule has 4 aliphatic carbocycles. The topological polar surface area (TPSA) is 9.23 Å². The Morgan fingerprint density at radius 2 is 1.47 bits per heavy atom. The average Bonchev–Trinajstić information content (AvgIpc) is 2.39. The van der Waals surface area contributed by atoms with E-state index < -0.39 is 0 Å². The predicted molar refractivity (Wildman–Crippen MR) is 76.9 cm³/mol. The van der Waals surface area contributed by atoms with E-state index in [1.54, 1.807) is 5.57 Å². The average molecular weight is 254 g/mol. The highest BCUT2D eigenvalue weighted by Gasteiger charge is 2.45. The maximum atomic E-state index is 5.92. The second-order valence-electron chi connectivity index (χ2n) is 6.85. The molecular formula is C18H22O. The molecule has 1 nitrogen and oxygen atoms in total. The van der Waals surface area contributed by atoms with Gasteiger partial charge in [0.15, 0.2) is 0 Å². The monoisotopic (exact) mass is 254 g/mol. The Morgan fingerprint density at radius 3 is 2.05 bits per heavy atom. The van der Waals surface area contributed by atoms with Crippen molar-refractivity contribution in [2.75, 3.05) is 0 Å². The zero-order valence-corrected chi connectivity index (χ0v) is 11.6. The van der Waals surface area contributed by atoms with Gasteiger partial charge < -0.3 is 4.74 Å². The molecule has 0 spiro atoms. The standard InChI is InChI=1S/C18H22O/c1-12-2-4-17(5-3-12)19-11-18-15-7-13-6-14(9-15)10-16(18)8-13/h2-5,11,13-16H,6-10H2,1H3. The molecule has 1 aromatic rings. The lowest BCUT2D eigenvalue weighted by Crippen LogP contribution is -2.40. The highest BCUT2D eigenvalue weighted by atomic mass is 16.5. The van der Waals surface area contributed by atoms with Crippen LogP contribution >= 0.6 is 0 Å². The van der Waals surface area contributed by atoms with Crippen molar-refractivity contribution in [2.45, 2.75) is 39.0 Å². The van der Waals surface area contributed by atoms with Crippen LogP contribution in [-0.4, -0.2) is 0 Å². The van der Waals surface area contributed by atoms with Crippen LogP contribution in [0.4, 0.5) is 0 Å². The quantitative estimate of drug-likeness (QED) is 0.694. The van der Waals surface area contributed by atoms with Gasteiger partial charge in [-0.05, 0) is 80.4 Å². The van der Waals surface area contributed by atoms with E-state index in [1.165, 1.54) is 37.7 Å². The number of hydrogen-bond acceptors (Lipinski definition) is 1. The SMILES string of the molecule is Cc1ccc(OC=C2C3CC4CC(C3)CC2C4)cc1. The molecule has 0 radical (unpaired) electrons. The molecule has 0 saturated heterocycles. The Labute approximate surface area is 115 Å². The van der Waals surface area contributed by atoms with Gasteiger partial charge in [0, 0.05) is 0 Å². The van der Waals surface area contributed by atoms with E-state index in [1.807, 2.05) is 0 Å². The maximum Gasteiger partial charge on any atom is 0.126 e. The zero-order chi connectivity index (χ0) is 12.8. The molecule has 0 N–H and O–H groups in total. The highest BCUT2D eigenvalue weighted by Crippen LogP contribution is 2.56. The zero-order valence-electron chi connectivity index (χ0n) is 11.6. The molecule has 0 atom stereocenters. The molecule has 4 saturated carbocycles. The highest BCUT2D eigenvalue weighted by molar-refractivity contribution is 5.28. The Kier molecular flexibility index (Phi) is 2.68. The van der Waals surface area contributed by atoms with Gasteiger partial charge in [-0.15, -0.1) is 0 Å². The van der Waals surface area contributed by atoms with Gasteiger partial charge in [0.25, 0.3) is 0 Å². The van der Waals surface area contributed by atoms with Gasteiger partial charge in [0.05, 0.1) is 6.26 Å². The first-order valence-corrected chi connectivity index (χ1v) is 7.71. The van der Waals surface area contributed by atoms with Crippen LogP contribution in [0.1, 0.15) is 37.7 Å². The summed E-state index contributed by atoms with van der Waals surface area (Å²) in [5, 5.41) is 0. The second-order valence-corrected chi connectivity index (χ2v) is 6.85. The third-order valence-electron chi connectivity index (χ3n) is 5.43. The van der Waals surface area contributed by atoms with Crippen LogP contribution in [0.3, 0.4) is 0 Å². The lowest BCUT2D eigenvalue weighted by molar-refractivity contribution is 0.0669. The van der Waals surface area contributed by atoms with Gasteiger partial charge in [0.2, 0.25) is 0 Å². The van der Waals surface area contributed by atoms with Crippen molar-refractivity contribution < 1.29 is 4.74 Å². The number of hydrogen-bond donors (Lipinski definition) is 0. The smallest absolute Gasteiger partial charge is 0.126 e. The number of ether oxygens (including phenoxy) is 1. The minimum atomic E-state index is 0.835. The molecule has 5 rings (SSSR count). The van der Waals surface area contributed by atoms with Gasteiger partial charge in [-0.25, -0.2) is 0 Å². The van der Waals surface area contributed by atoms with E-state index in [4.69, 9.17) is 4.74 Å². The van der Waals surface area contributed by atoms with E-state index >= 15 is 0 Å². The summed E-state index contributed by atoms with van der Waals surface area (Å²) in [6.07, 6.45) is 9.31. The van der Waals surface area contributed by atoms with E-state index in [9.17, 15) is 0 Å². The Hall–Kier alpha value is -1.24. The van der Waals surface area contributed by atoms with E-state index in [0.29, 0.717) is 0 Å². The summed E-state index contributed by atoms with van der Waals surface area (Å²) >= 11 is 0. The second kappa shape index (κ2) is 4.40. The molecule has 1 heteroatoms. The summed E-state index contributed by atoms with van der Waals surface area (Å²) in [5.74, 6) is 4.70. The summed E-state index contributed by atoms with van der Waals surface area (Å²) in [6, 6.07) is 8.38. The molecule has 4 fully saturated rings. The van der Waals surface area contributed by atoms with Crippen LogP contribution in [0, 0.1) is 30.6 Å². The van der Waals surface area contributed by atoms with Gasteiger partial charge >= 0.3 is 0 Å². The molecule has 0 unspecified atom stereocenters. The molecule has 4 bridgehead atoms. The molecule has 1 aromatic carbocycles. The molecule has 19 heavy (non-hydrogen) atoms. The molecule has 0 aromatic heterocycles.